The van der Waals surface area contributed by atoms with E-state index in [1.165, 1.54) is 11.3 Å². The Morgan fingerprint density at radius 2 is 1.93 bits per heavy atom. The monoisotopic (exact) mass is 228 g/mol. The van der Waals surface area contributed by atoms with Crippen molar-refractivity contribution in [2.75, 3.05) is 0 Å². The van der Waals surface area contributed by atoms with Crippen molar-refractivity contribution >= 4 is 11.6 Å². The van der Waals surface area contributed by atoms with E-state index >= 15 is 0 Å². The SMILES string of the molecule is CCC(Cl)c1c(C)nn(CC(C)C)c1C. The highest BCUT2D eigenvalue weighted by Crippen LogP contribution is 2.29. The molecule has 15 heavy (non-hydrogen) atoms. The summed E-state index contributed by atoms with van der Waals surface area (Å²) in [7, 11) is 0. The Balaban J connectivity index is 3.03. The Hall–Kier alpha value is -0.500. The number of aromatic nitrogens is 2. The molecule has 0 saturated heterocycles. The van der Waals surface area contributed by atoms with Crippen LogP contribution in [0, 0.1) is 19.8 Å². The highest BCUT2D eigenvalue weighted by atomic mass is 35.5. The molecule has 1 aromatic heterocycles. The zero-order valence-corrected chi connectivity index (χ0v) is 11.1. The Kier molecular flexibility index (Phi) is 4.21. The van der Waals surface area contributed by atoms with Crippen molar-refractivity contribution in [1.82, 2.24) is 9.78 Å². The molecule has 0 spiro atoms. The smallest absolute Gasteiger partial charge is 0.0643 e. The van der Waals surface area contributed by atoms with Crippen LogP contribution in [-0.4, -0.2) is 9.78 Å². The molecule has 2 nitrogen and oxygen atoms in total. The molecule has 0 fully saturated rings. The first-order chi connectivity index (χ1) is 6.97. The summed E-state index contributed by atoms with van der Waals surface area (Å²) < 4.78 is 2.08. The lowest BCUT2D eigenvalue weighted by molar-refractivity contribution is 0.472. The molecule has 1 unspecified atom stereocenters. The average molecular weight is 229 g/mol. The van der Waals surface area contributed by atoms with Crippen LogP contribution in [-0.2, 0) is 6.54 Å². The molecule has 0 aliphatic carbocycles. The lowest BCUT2D eigenvalue weighted by atomic mass is 10.1. The molecule has 0 radical (unpaired) electrons. The highest BCUT2D eigenvalue weighted by Gasteiger charge is 2.17. The minimum Gasteiger partial charge on any atom is -0.269 e. The van der Waals surface area contributed by atoms with Crippen LogP contribution in [0.1, 0.15) is 49.5 Å². The van der Waals surface area contributed by atoms with E-state index in [1.54, 1.807) is 0 Å². The fourth-order valence-corrected chi connectivity index (χ4v) is 2.21. The van der Waals surface area contributed by atoms with E-state index in [9.17, 15) is 0 Å². The molecule has 86 valence electrons. The summed E-state index contributed by atoms with van der Waals surface area (Å²) in [5, 5.41) is 4.65. The summed E-state index contributed by atoms with van der Waals surface area (Å²) in [6.07, 6.45) is 0.955. The summed E-state index contributed by atoms with van der Waals surface area (Å²) in [6.45, 7) is 11.6. The Labute approximate surface area is 97.6 Å². The van der Waals surface area contributed by atoms with Gasteiger partial charge >= 0.3 is 0 Å². The quantitative estimate of drug-likeness (QED) is 0.716. The first kappa shape index (κ1) is 12.6. The fourth-order valence-electron chi connectivity index (χ4n) is 1.89. The molecule has 0 aliphatic heterocycles. The van der Waals surface area contributed by atoms with Crippen LogP contribution in [0.25, 0.3) is 0 Å². The molecular formula is C12H21ClN2. The summed E-state index contributed by atoms with van der Waals surface area (Å²) in [4.78, 5) is 0. The second kappa shape index (κ2) is 5.02. The molecule has 0 aromatic carbocycles. The van der Waals surface area contributed by atoms with Gasteiger partial charge in [0, 0.05) is 17.8 Å². The van der Waals surface area contributed by atoms with Gasteiger partial charge in [-0.15, -0.1) is 11.6 Å². The van der Waals surface area contributed by atoms with Gasteiger partial charge in [0.25, 0.3) is 0 Å². The van der Waals surface area contributed by atoms with Crippen LogP contribution >= 0.6 is 11.6 Å². The molecule has 0 amide bonds. The predicted octanol–water partition coefficient (Wildman–Crippen LogP) is 3.85. The second-order valence-corrected chi connectivity index (χ2v) is 5.06. The normalized spacial score (nSPS) is 13.5. The number of nitrogens with zero attached hydrogens (tertiary/aromatic N) is 2. The van der Waals surface area contributed by atoms with Crippen LogP contribution in [0.3, 0.4) is 0 Å². The van der Waals surface area contributed by atoms with Gasteiger partial charge < -0.3 is 0 Å². The number of hydrogen-bond donors (Lipinski definition) is 0. The standard InChI is InChI=1S/C12H21ClN2/c1-6-11(13)12-9(4)14-15(10(12)5)7-8(2)3/h8,11H,6-7H2,1-5H3. The average Bonchev–Trinajstić information content (AvgIpc) is 2.40. The first-order valence-corrected chi connectivity index (χ1v) is 6.09. The van der Waals surface area contributed by atoms with Crippen molar-refractivity contribution < 1.29 is 0 Å². The van der Waals surface area contributed by atoms with Gasteiger partial charge in [-0.25, -0.2) is 0 Å². The maximum absolute atomic E-state index is 6.30. The van der Waals surface area contributed by atoms with Crippen molar-refractivity contribution in [2.24, 2.45) is 5.92 Å². The minimum atomic E-state index is 0.103. The van der Waals surface area contributed by atoms with E-state index in [4.69, 9.17) is 11.6 Å². The Morgan fingerprint density at radius 1 is 1.33 bits per heavy atom. The third-order valence-corrected chi connectivity index (χ3v) is 3.17. The number of hydrogen-bond acceptors (Lipinski definition) is 1. The van der Waals surface area contributed by atoms with Crippen molar-refractivity contribution in [2.45, 2.75) is 53.0 Å². The molecular weight excluding hydrogens is 208 g/mol. The van der Waals surface area contributed by atoms with E-state index in [1.807, 2.05) is 6.92 Å². The van der Waals surface area contributed by atoms with Crippen LogP contribution in [0.4, 0.5) is 0 Å². The maximum Gasteiger partial charge on any atom is 0.0643 e. The van der Waals surface area contributed by atoms with E-state index in [0.717, 1.165) is 18.7 Å². The maximum atomic E-state index is 6.30. The molecule has 1 heterocycles. The lowest BCUT2D eigenvalue weighted by Gasteiger charge is -2.09. The zero-order chi connectivity index (χ0) is 11.6. The molecule has 1 aromatic rings. The van der Waals surface area contributed by atoms with Crippen molar-refractivity contribution in [1.29, 1.82) is 0 Å². The number of aryl methyl sites for hydroxylation is 1. The van der Waals surface area contributed by atoms with E-state index in [0.29, 0.717) is 5.92 Å². The highest BCUT2D eigenvalue weighted by molar-refractivity contribution is 6.20. The van der Waals surface area contributed by atoms with Crippen LogP contribution in [0.2, 0.25) is 0 Å². The number of alkyl halides is 1. The van der Waals surface area contributed by atoms with Gasteiger partial charge in [0.1, 0.15) is 0 Å². The van der Waals surface area contributed by atoms with Crippen molar-refractivity contribution in [3.8, 4) is 0 Å². The summed E-state index contributed by atoms with van der Waals surface area (Å²) in [5.41, 5.74) is 3.53. The summed E-state index contributed by atoms with van der Waals surface area (Å²) >= 11 is 6.30. The van der Waals surface area contributed by atoms with E-state index in [2.05, 4.69) is 37.5 Å². The summed E-state index contributed by atoms with van der Waals surface area (Å²) in [6, 6.07) is 0. The molecule has 1 rings (SSSR count). The van der Waals surface area contributed by atoms with Gasteiger partial charge in [-0.3, -0.25) is 4.68 Å². The van der Waals surface area contributed by atoms with Gasteiger partial charge in [-0.2, -0.15) is 5.10 Å². The molecule has 1 atom stereocenters. The van der Waals surface area contributed by atoms with Gasteiger partial charge in [0.2, 0.25) is 0 Å². The fraction of sp³-hybridized carbons (Fsp3) is 0.750. The lowest BCUT2D eigenvalue weighted by Crippen LogP contribution is -2.08. The van der Waals surface area contributed by atoms with Gasteiger partial charge in [-0.05, 0) is 26.2 Å². The van der Waals surface area contributed by atoms with E-state index < -0.39 is 0 Å². The van der Waals surface area contributed by atoms with E-state index in [-0.39, 0.29) is 5.38 Å². The predicted molar refractivity (Wildman–Crippen MR) is 65.4 cm³/mol. The molecule has 3 heteroatoms. The van der Waals surface area contributed by atoms with Gasteiger partial charge in [-0.1, -0.05) is 20.8 Å². The first-order valence-electron chi connectivity index (χ1n) is 5.65. The largest absolute Gasteiger partial charge is 0.269 e. The second-order valence-electron chi connectivity index (χ2n) is 4.54. The van der Waals surface area contributed by atoms with Crippen molar-refractivity contribution in [3.05, 3.63) is 17.0 Å². The van der Waals surface area contributed by atoms with Crippen molar-refractivity contribution in [3.63, 3.8) is 0 Å². The molecule has 0 saturated carbocycles. The third-order valence-electron chi connectivity index (χ3n) is 2.65. The topological polar surface area (TPSA) is 17.8 Å². The Morgan fingerprint density at radius 3 is 2.40 bits per heavy atom. The van der Waals surface area contributed by atoms with Gasteiger partial charge in [0.15, 0.2) is 0 Å². The van der Waals surface area contributed by atoms with Gasteiger partial charge in [0.05, 0.1) is 11.1 Å². The molecule has 0 N–H and O–H groups in total. The van der Waals surface area contributed by atoms with Crippen LogP contribution in [0.15, 0.2) is 0 Å². The minimum absolute atomic E-state index is 0.103. The van der Waals surface area contributed by atoms with Crippen LogP contribution < -0.4 is 0 Å². The Bertz CT molecular complexity index is 329. The van der Waals surface area contributed by atoms with Crippen LogP contribution in [0.5, 0.6) is 0 Å². The zero-order valence-electron chi connectivity index (χ0n) is 10.3. The molecule has 0 bridgehead atoms. The number of halogens is 1. The molecule has 0 aliphatic rings. The number of rotatable bonds is 4. The summed E-state index contributed by atoms with van der Waals surface area (Å²) in [5.74, 6) is 0.617. The third kappa shape index (κ3) is 2.75.